The number of nitrogens with two attached hydrogens (primary N) is 1. The van der Waals surface area contributed by atoms with Gasteiger partial charge in [0.05, 0.1) is 18.3 Å². The lowest BCUT2D eigenvalue weighted by atomic mass is 10.0. The Morgan fingerprint density at radius 2 is 2.32 bits per heavy atom. The lowest BCUT2D eigenvalue weighted by Crippen LogP contribution is -2.55. The first-order valence-corrected chi connectivity index (χ1v) is 5.90. The number of hydrogen-bond donors (Lipinski definition) is 1. The number of aromatic nitrogens is 2. The highest BCUT2D eigenvalue weighted by Gasteiger charge is 2.34. The van der Waals surface area contributed by atoms with Gasteiger partial charge in [-0.15, -0.1) is 0 Å². The van der Waals surface area contributed by atoms with Crippen LogP contribution in [-0.4, -0.2) is 35.6 Å². The van der Waals surface area contributed by atoms with E-state index in [2.05, 4.69) is 9.97 Å². The smallest absolute Gasteiger partial charge is 0.240 e. The Hall–Kier alpha value is -2.37. The standard InChI is InChI=1S/C13H13N4O2/c1-19-11-3-2-8-12(16-11)9(4-6-15-8)17-7-5-10(17)13(14)18/h2-6,10H,7H2,1H3,(H2,14,18). The molecule has 0 aromatic carbocycles. The van der Waals surface area contributed by atoms with Crippen LogP contribution in [0.15, 0.2) is 24.4 Å². The fourth-order valence-corrected chi connectivity index (χ4v) is 2.17. The van der Waals surface area contributed by atoms with Crippen LogP contribution < -0.4 is 15.4 Å². The second-order valence-electron chi connectivity index (χ2n) is 4.29. The Morgan fingerprint density at radius 3 is 2.95 bits per heavy atom. The zero-order chi connectivity index (χ0) is 13.4. The maximum Gasteiger partial charge on any atom is 0.240 e. The van der Waals surface area contributed by atoms with Crippen molar-refractivity contribution in [3.63, 3.8) is 0 Å². The number of hydrogen-bond acceptors (Lipinski definition) is 5. The second kappa shape index (κ2) is 4.38. The van der Waals surface area contributed by atoms with Crippen molar-refractivity contribution in [1.29, 1.82) is 0 Å². The number of carbonyl (C=O) groups excluding carboxylic acids is 1. The molecule has 19 heavy (non-hydrogen) atoms. The number of fused-ring (bicyclic) bond motifs is 1. The van der Waals surface area contributed by atoms with Gasteiger partial charge < -0.3 is 15.4 Å². The molecule has 2 N–H and O–H groups in total. The number of ether oxygens (including phenoxy) is 1. The molecule has 1 aliphatic heterocycles. The van der Waals surface area contributed by atoms with Crippen LogP contribution in [0.3, 0.4) is 0 Å². The van der Waals surface area contributed by atoms with Gasteiger partial charge in [-0.1, -0.05) is 0 Å². The molecule has 1 amide bonds. The molecule has 3 rings (SSSR count). The SMILES string of the molecule is COc1ccc2nccc(N3C[CH]C3C(N)=O)c2n1. The van der Waals surface area contributed by atoms with Crippen LogP contribution in [0.4, 0.5) is 5.69 Å². The van der Waals surface area contributed by atoms with Crippen molar-refractivity contribution in [2.24, 2.45) is 5.73 Å². The molecule has 0 spiro atoms. The minimum atomic E-state index is -0.376. The maximum absolute atomic E-state index is 11.3. The molecule has 1 radical (unpaired) electrons. The van der Waals surface area contributed by atoms with Crippen LogP contribution >= 0.6 is 0 Å². The Kier molecular flexibility index (Phi) is 2.70. The normalized spacial score (nSPS) is 18.2. The third kappa shape index (κ3) is 1.85. The van der Waals surface area contributed by atoms with Crippen LogP contribution in [0.2, 0.25) is 0 Å². The first kappa shape index (κ1) is 11.7. The molecule has 2 aromatic rings. The summed E-state index contributed by atoms with van der Waals surface area (Å²) < 4.78 is 5.13. The number of anilines is 1. The summed E-state index contributed by atoms with van der Waals surface area (Å²) in [7, 11) is 1.56. The molecule has 0 saturated carbocycles. The van der Waals surface area contributed by atoms with Crippen molar-refractivity contribution in [3.05, 3.63) is 30.8 Å². The zero-order valence-electron chi connectivity index (χ0n) is 10.4. The third-order valence-corrected chi connectivity index (χ3v) is 3.21. The Morgan fingerprint density at radius 1 is 1.47 bits per heavy atom. The number of pyridine rings is 2. The van der Waals surface area contributed by atoms with Gasteiger partial charge >= 0.3 is 0 Å². The molecule has 2 aromatic heterocycles. The first-order chi connectivity index (χ1) is 9.20. The largest absolute Gasteiger partial charge is 0.481 e. The fraction of sp³-hybridized carbons (Fsp3) is 0.231. The van der Waals surface area contributed by atoms with E-state index in [0.29, 0.717) is 17.9 Å². The second-order valence-corrected chi connectivity index (χ2v) is 4.29. The van der Waals surface area contributed by atoms with Gasteiger partial charge in [-0.25, -0.2) is 4.98 Å². The lowest BCUT2D eigenvalue weighted by molar-refractivity contribution is -0.119. The quantitative estimate of drug-likeness (QED) is 0.866. The predicted octanol–water partition coefficient (Wildman–Crippen LogP) is 0.517. The van der Waals surface area contributed by atoms with E-state index < -0.39 is 0 Å². The summed E-state index contributed by atoms with van der Waals surface area (Å²) in [5, 5.41) is 0. The number of primary amides is 1. The molecular formula is C13H13N4O2. The van der Waals surface area contributed by atoms with Crippen LogP contribution in [0.1, 0.15) is 0 Å². The molecule has 0 bridgehead atoms. The molecule has 1 fully saturated rings. The molecular weight excluding hydrogens is 244 g/mol. The van der Waals surface area contributed by atoms with E-state index in [1.54, 1.807) is 19.4 Å². The molecule has 0 aliphatic carbocycles. The van der Waals surface area contributed by atoms with Crippen molar-refractivity contribution in [3.8, 4) is 5.88 Å². The highest BCUT2D eigenvalue weighted by Crippen LogP contribution is 2.31. The van der Waals surface area contributed by atoms with Crippen molar-refractivity contribution < 1.29 is 9.53 Å². The van der Waals surface area contributed by atoms with Crippen molar-refractivity contribution >= 4 is 22.6 Å². The molecule has 1 unspecified atom stereocenters. The van der Waals surface area contributed by atoms with Crippen molar-refractivity contribution in [2.45, 2.75) is 6.04 Å². The highest BCUT2D eigenvalue weighted by molar-refractivity contribution is 5.94. The summed E-state index contributed by atoms with van der Waals surface area (Å²) in [4.78, 5) is 21.9. The average molecular weight is 257 g/mol. The van der Waals surface area contributed by atoms with E-state index in [4.69, 9.17) is 10.5 Å². The van der Waals surface area contributed by atoms with Crippen molar-refractivity contribution in [1.82, 2.24) is 9.97 Å². The fourth-order valence-electron chi connectivity index (χ4n) is 2.17. The predicted molar refractivity (Wildman–Crippen MR) is 70.7 cm³/mol. The van der Waals surface area contributed by atoms with Gasteiger partial charge in [0.2, 0.25) is 11.8 Å². The van der Waals surface area contributed by atoms with Crippen LogP contribution in [0.25, 0.3) is 11.0 Å². The minimum Gasteiger partial charge on any atom is -0.481 e. The van der Waals surface area contributed by atoms with Gasteiger partial charge in [0.1, 0.15) is 11.6 Å². The van der Waals surface area contributed by atoms with Gasteiger partial charge in [-0.05, 0) is 12.1 Å². The Balaban J connectivity index is 2.10. The van der Waals surface area contributed by atoms with Gasteiger partial charge in [0, 0.05) is 25.2 Å². The monoisotopic (exact) mass is 257 g/mol. The minimum absolute atomic E-state index is 0.362. The average Bonchev–Trinajstić information content (AvgIpc) is 2.36. The number of nitrogens with zero attached hydrogens (tertiary/aromatic N) is 3. The summed E-state index contributed by atoms with van der Waals surface area (Å²) in [5.74, 6) is 0.154. The number of rotatable bonds is 3. The lowest BCUT2D eigenvalue weighted by Gasteiger charge is -2.40. The van der Waals surface area contributed by atoms with Crippen LogP contribution in [-0.2, 0) is 4.79 Å². The van der Waals surface area contributed by atoms with Gasteiger partial charge in [-0.2, -0.15) is 0 Å². The first-order valence-electron chi connectivity index (χ1n) is 5.90. The molecule has 97 valence electrons. The molecule has 1 aliphatic rings. The molecule has 6 nitrogen and oxygen atoms in total. The third-order valence-electron chi connectivity index (χ3n) is 3.21. The summed E-state index contributed by atoms with van der Waals surface area (Å²) in [5.41, 5.74) is 7.66. The summed E-state index contributed by atoms with van der Waals surface area (Å²) in [6.07, 6.45) is 3.57. The van der Waals surface area contributed by atoms with Gasteiger partial charge in [0.25, 0.3) is 0 Å². The maximum atomic E-state index is 11.3. The number of carbonyl (C=O) groups is 1. The zero-order valence-corrected chi connectivity index (χ0v) is 10.4. The van der Waals surface area contributed by atoms with E-state index in [0.717, 1.165) is 11.2 Å². The summed E-state index contributed by atoms with van der Waals surface area (Å²) >= 11 is 0. The molecule has 1 saturated heterocycles. The van der Waals surface area contributed by atoms with E-state index in [9.17, 15) is 4.79 Å². The molecule has 3 heterocycles. The van der Waals surface area contributed by atoms with E-state index in [1.165, 1.54) is 0 Å². The van der Waals surface area contributed by atoms with Gasteiger partial charge in [0.15, 0.2) is 0 Å². The molecule has 6 heteroatoms. The van der Waals surface area contributed by atoms with Crippen LogP contribution in [0.5, 0.6) is 5.88 Å². The highest BCUT2D eigenvalue weighted by atomic mass is 16.5. The Bertz CT molecular complexity index is 644. The van der Waals surface area contributed by atoms with Crippen molar-refractivity contribution in [2.75, 3.05) is 18.6 Å². The van der Waals surface area contributed by atoms with Crippen LogP contribution in [0, 0.1) is 6.42 Å². The van der Waals surface area contributed by atoms with E-state index >= 15 is 0 Å². The topological polar surface area (TPSA) is 81.3 Å². The molecule has 1 atom stereocenters. The number of amides is 1. The summed E-state index contributed by atoms with van der Waals surface area (Å²) in [6, 6.07) is 5.05. The van der Waals surface area contributed by atoms with E-state index in [1.807, 2.05) is 23.5 Å². The Labute approximate surface area is 110 Å². The van der Waals surface area contributed by atoms with E-state index in [-0.39, 0.29) is 11.9 Å². The van der Waals surface area contributed by atoms with Gasteiger partial charge in [-0.3, -0.25) is 9.78 Å². The number of methoxy groups -OCH3 is 1. The summed E-state index contributed by atoms with van der Waals surface area (Å²) in [6.45, 7) is 0.672.